The fourth-order valence-electron chi connectivity index (χ4n) is 8.55. The van der Waals surface area contributed by atoms with Crippen molar-refractivity contribution < 1.29 is 37.3 Å². The zero-order chi connectivity index (χ0) is 46.9. The summed E-state index contributed by atoms with van der Waals surface area (Å²) in [6.45, 7) is 5.51. The van der Waals surface area contributed by atoms with Crippen molar-refractivity contribution >= 4 is 13.8 Å². The van der Waals surface area contributed by atoms with Gasteiger partial charge >= 0.3 is 5.97 Å². The van der Waals surface area contributed by atoms with Crippen LogP contribution in [-0.4, -0.2) is 70.7 Å². The zero-order valence-electron chi connectivity index (χ0n) is 43.8. The van der Waals surface area contributed by atoms with Gasteiger partial charge in [0.25, 0.3) is 7.82 Å². The lowest BCUT2D eigenvalue weighted by molar-refractivity contribution is -0.870. The minimum atomic E-state index is -4.52. The van der Waals surface area contributed by atoms with Crippen LogP contribution in [0.3, 0.4) is 0 Å². The number of hydrogen-bond acceptors (Lipinski definition) is 7. The van der Waals surface area contributed by atoms with Crippen molar-refractivity contribution in [3.63, 3.8) is 0 Å². The monoisotopic (exact) mass is 930 g/mol. The molecule has 0 rings (SSSR count). The van der Waals surface area contributed by atoms with Crippen molar-refractivity contribution in [1.29, 1.82) is 0 Å². The second-order valence-corrected chi connectivity index (χ2v) is 22.1. The van der Waals surface area contributed by atoms with E-state index in [1.807, 2.05) is 21.1 Å². The lowest BCUT2D eigenvalue weighted by Gasteiger charge is -2.28. The molecule has 8 nitrogen and oxygen atoms in total. The minimum Gasteiger partial charge on any atom is -0.756 e. The number of rotatable bonds is 54. The van der Waals surface area contributed by atoms with Crippen LogP contribution in [0.15, 0.2) is 0 Å². The lowest BCUT2D eigenvalue weighted by atomic mass is 10.0. The number of unbranched alkanes of at least 4 members (excludes halogenated alkanes) is 40. The summed E-state index contributed by atoms with van der Waals surface area (Å²) in [7, 11) is 1.38. The molecule has 0 aliphatic heterocycles. The Morgan fingerprint density at radius 1 is 0.422 bits per heavy atom. The van der Waals surface area contributed by atoms with Gasteiger partial charge in [-0.2, -0.15) is 0 Å². The fourth-order valence-corrected chi connectivity index (χ4v) is 9.28. The standard InChI is InChI=1S/C55H112NO7P/c1-6-8-10-12-14-16-18-20-22-24-26-27-28-29-31-33-35-37-39-41-43-45-47-50-60-52-54(53-62-64(58,59)61-51-49-56(3,4)5)63-55(57)48-46-44-42-40-38-36-34-32-30-25-23-21-19-17-15-13-11-9-7-2/h54H,6-53H2,1-5H3. The molecule has 0 aromatic rings. The lowest BCUT2D eigenvalue weighted by Crippen LogP contribution is -2.37. The number of likely N-dealkylation sites (N-methyl/N-ethyl adjacent to an activating group) is 1. The molecule has 0 aliphatic carbocycles. The van der Waals surface area contributed by atoms with Crippen molar-refractivity contribution in [3.05, 3.63) is 0 Å². The summed E-state index contributed by atoms with van der Waals surface area (Å²) in [5.41, 5.74) is 0. The highest BCUT2D eigenvalue weighted by molar-refractivity contribution is 7.45. The number of phosphoric acid groups is 1. The Bertz CT molecular complexity index is 992. The molecule has 0 aliphatic rings. The van der Waals surface area contributed by atoms with Gasteiger partial charge in [0.1, 0.15) is 19.3 Å². The number of quaternary nitrogens is 1. The number of ether oxygens (including phenoxy) is 2. The van der Waals surface area contributed by atoms with Crippen LogP contribution in [0.25, 0.3) is 0 Å². The summed E-state index contributed by atoms with van der Waals surface area (Å²) >= 11 is 0. The SMILES string of the molecule is CCCCCCCCCCCCCCCCCCCCCCCCCOCC(COP(=O)([O-])OCC[N+](C)(C)C)OC(=O)CCCCCCCCCCCCCCCCCCCCC. The van der Waals surface area contributed by atoms with Crippen LogP contribution in [0.4, 0.5) is 0 Å². The van der Waals surface area contributed by atoms with Gasteiger partial charge < -0.3 is 27.9 Å². The summed E-state index contributed by atoms with van der Waals surface area (Å²) in [5.74, 6) is -0.324. The van der Waals surface area contributed by atoms with Crippen LogP contribution < -0.4 is 4.89 Å². The molecule has 0 saturated heterocycles. The fraction of sp³-hybridized carbons (Fsp3) is 0.982. The van der Waals surface area contributed by atoms with Gasteiger partial charge in [-0.15, -0.1) is 0 Å². The van der Waals surface area contributed by atoms with Gasteiger partial charge in [0.15, 0.2) is 0 Å². The van der Waals surface area contributed by atoms with Crippen molar-refractivity contribution in [2.75, 3.05) is 54.1 Å². The van der Waals surface area contributed by atoms with Gasteiger partial charge in [-0.25, -0.2) is 0 Å². The van der Waals surface area contributed by atoms with E-state index >= 15 is 0 Å². The van der Waals surface area contributed by atoms with Crippen LogP contribution in [0.1, 0.15) is 290 Å². The molecule has 2 atom stereocenters. The Balaban J connectivity index is 4.02. The van der Waals surface area contributed by atoms with Crippen LogP contribution in [0, 0.1) is 0 Å². The number of nitrogens with zero attached hydrogens (tertiary/aromatic N) is 1. The maximum Gasteiger partial charge on any atom is 0.306 e. The van der Waals surface area contributed by atoms with Crippen molar-refractivity contribution in [2.24, 2.45) is 0 Å². The molecular formula is C55H112NO7P. The van der Waals surface area contributed by atoms with E-state index in [1.165, 1.54) is 238 Å². The molecule has 0 amide bonds. The van der Waals surface area contributed by atoms with Gasteiger partial charge in [0.2, 0.25) is 0 Å². The molecule has 0 aromatic carbocycles. The maximum atomic E-state index is 12.8. The molecule has 9 heteroatoms. The summed E-state index contributed by atoms with van der Waals surface area (Å²) in [6.07, 6.45) is 55.7. The normalized spacial score (nSPS) is 13.4. The summed E-state index contributed by atoms with van der Waals surface area (Å²) < 4.78 is 34.8. The Kier molecular flexibility index (Phi) is 48.6. The van der Waals surface area contributed by atoms with E-state index in [1.54, 1.807) is 0 Å². The van der Waals surface area contributed by atoms with Gasteiger partial charge in [0.05, 0.1) is 34.4 Å². The van der Waals surface area contributed by atoms with Crippen LogP contribution in [-0.2, 0) is 27.9 Å². The third-order valence-corrected chi connectivity index (χ3v) is 13.9. The van der Waals surface area contributed by atoms with Crippen molar-refractivity contribution in [2.45, 2.75) is 296 Å². The summed E-state index contributed by atoms with van der Waals surface area (Å²) in [5, 5.41) is 0. The predicted molar refractivity (Wildman–Crippen MR) is 273 cm³/mol. The highest BCUT2D eigenvalue weighted by Gasteiger charge is 2.20. The maximum absolute atomic E-state index is 12.8. The highest BCUT2D eigenvalue weighted by Crippen LogP contribution is 2.38. The van der Waals surface area contributed by atoms with E-state index in [0.717, 1.165) is 32.1 Å². The van der Waals surface area contributed by atoms with Crippen molar-refractivity contribution in [3.8, 4) is 0 Å². The molecule has 64 heavy (non-hydrogen) atoms. The first-order valence-corrected chi connectivity index (χ1v) is 29.7. The molecule has 384 valence electrons. The quantitative estimate of drug-likeness (QED) is 0.0259. The number of carbonyl (C=O) groups is 1. The predicted octanol–water partition coefficient (Wildman–Crippen LogP) is 16.9. The Hall–Kier alpha value is -0.500. The first kappa shape index (κ1) is 63.5. The van der Waals surface area contributed by atoms with E-state index in [4.69, 9.17) is 18.5 Å². The molecule has 2 unspecified atom stereocenters. The molecule has 0 saturated carbocycles. The second-order valence-electron chi connectivity index (χ2n) is 20.7. The number of carbonyl (C=O) groups excluding carboxylic acids is 1. The Morgan fingerprint density at radius 2 is 0.719 bits per heavy atom. The molecule has 0 bridgehead atoms. The van der Waals surface area contributed by atoms with Crippen LogP contribution in [0.5, 0.6) is 0 Å². The van der Waals surface area contributed by atoms with Gasteiger partial charge in [-0.3, -0.25) is 9.36 Å². The van der Waals surface area contributed by atoms with E-state index in [-0.39, 0.29) is 25.8 Å². The van der Waals surface area contributed by atoms with Gasteiger partial charge in [-0.1, -0.05) is 271 Å². The highest BCUT2D eigenvalue weighted by atomic mass is 31.2. The molecule has 0 N–H and O–H groups in total. The topological polar surface area (TPSA) is 94.1 Å². The molecule has 0 radical (unpaired) electrons. The number of phosphoric ester groups is 1. The van der Waals surface area contributed by atoms with Gasteiger partial charge in [-0.05, 0) is 12.8 Å². The molecule has 0 spiro atoms. The minimum absolute atomic E-state index is 0.0319. The van der Waals surface area contributed by atoms with Gasteiger partial charge in [0, 0.05) is 13.0 Å². The largest absolute Gasteiger partial charge is 0.756 e. The molecular weight excluding hydrogens is 818 g/mol. The third kappa shape index (κ3) is 52.5. The van der Waals surface area contributed by atoms with E-state index in [0.29, 0.717) is 24.1 Å². The average Bonchev–Trinajstić information content (AvgIpc) is 3.25. The zero-order valence-corrected chi connectivity index (χ0v) is 44.7. The Labute approximate surface area is 399 Å². The first-order chi connectivity index (χ1) is 31.1. The number of esters is 1. The molecule has 0 heterocycles. The third-order valence-electron chi connectivity index (χ3n) is 12.9. The van der Waals surface area contributed by atoms with E-state index in [9.17, 15) is 14.3 Å². The van der Waals surface area contributed by atoms with Crippen LogP contribution >= 0.6 is 7.82 Å². The average molecular weight is 930 g/mol. The van der Waals surface area contributed by atoms with E-state index < -0.39 is 13.9 Å². The first-order valence-electron chi connectivity index (χ1n) is 28.3. The molecule has 0 fully saturated rings. The van der Waals surface area contributed by atoms with Crippen molar-refractivity contribution in [1.82, 2.24) is 0 Å². The van der Waals surface area contributed by atoms with E-state index in [2.05, 4.69) is 13.8 Å². The summed E-state index contributed by atoms with van der Waals surface area (Å²) in [4.78, 5) is 25.2. The number of hydrogen-bond donors (Lipinski definition) is 0. The van der Waals surface area contributed by atoms with Crippen LogP contribution in [0.2, 0.25) is 0 Å². The second kappa shape index (κ2) is 48.9. The molecule has 0 aromatic heterocycles. The summed E-state index contributed by atoms with van der Waals surface area (Å²) in [6, 6.07) is 0. The smallest absolute Gasteiger partial charge is 0.306 e. The Morgan fingerprint density at radius 3 is 1.03 bits per heavy atom.